The van der Waals surface area contributed by atoms with E-state index in [1.54, 1.807) is 13.2 Å². The molecule has 6 nitrogen and oxygen atoms in total. The summed E-state index contributed by atoms with van der Waals surface area (Å²) in [6.07, 6.45) is 1.28. The number of furan rings is 1. The normalized spacial score (nSPS) is 19.4. The summed E-state index contributed by atoms with van der Waals surface area (Å²) in [4.78, 5) is 11.8. The maximum atomic E-state index is 11.8. The molecular formula is C23H25NO5. The number of carbonyl (C=O) groups excluding carboxylic acids is 1. The van der Waals surface area contributed by atoms with E-state index in [0.717, 1.165) is 33.2 Å². The second-order valence-corrected chi connectivity index (χ2v) is 7.11. The Morgan fingerprint density at radius 1 is 1.21 bits per heavy atom. The summed E-state index contributed by atoms with van der Waals surface area (Å²) in [6, 6.07) is 14.2. The predicted octanol–water partition coefficient (Wildman–Crippen LogP) is 3.97. The van der Waals surface area contributed by atoms with Gasteiger partial charge in [0.25, 0.3) is 0 Å². The van der Waals surface area contributed by atoms with Crippen LogP contribution in [0, 0.1) is 0 Å². The topological polar surface area (TPSA) is 83.9 Å². The average molecular weight is 395 g/mol. The number of fused-ring (bicyclic) bond motifs is 1. The van der Waals surface area contributed by atoms with Crippen molar-refractivity contribution in [2.45, 2.75) is 32.1 Å². The molecule has 1 aliphatic rings. The van der Waals surface area contributed by atoms with E-state index < -0.39 is 0 Å². The van der Waals surface area contributed by atoms with Gasteiger partial charge in [-0.2, -0.15) is 0 Å². The molecule has 2 heterocycles. The number of ether oxygens (including phenoxy) is 3. The molecule has 0 aliphatic carbocycles. The number of nitrogens with two attached hydrogens (primary N) is 1. The van der Waals surface area contributed by atoms with E-state index >= 15 is 0 Å². The van der Waals surface area contributed by atoms with Gasteiger partial charge in [-0.15, -0.1) is 0 Å². The van der Waals surface area contributed by atoms with Crippen LogP contribution in [0.5, 0.6) is 0 Å². The Morgan fingerprint density at radius 3 is 2.93 bits per heavy atom. The minimum atomic E-state index is -0.322. The van der Waals surface area contributed by atoms with Gasteiger partial charge in [-0.05, 0) is 47.9 Å². The SMILES string of the molecule is CCOC(=O)CC1COCC(c2cc(-c3cccc(CN)c3)c3occc3c2)O1. The largest absolute Gasteiger partial charge is 0.466 e. The molecule has 0 amide bonds. The maximum Gasteiger partial charge on any atom is 0.308 e. The quantitative estimate of drug-likeness (QED) is 0.636. The van der Waals surface area contributed by atoms with Crippen LogP contribution in [0.15, 0.2) is 53.1 Å². The zero-order valence-electron chi connectivity index (χ0n) is 16.4. The molecule has 0 bridgehead atoms. The van der Waals surface area contributed by atoms with Gasteiger partial charge < -0.3 is 24.4 Å². The lowest BCUT2D eigenvalue weighted by molar-refractivity contribution is -0.164. The minimum Gasteiger partial charge on any atom is -0.466 e. The van der Waals surface area contributed by atoms with Crippen LogP contribution in [0.25, 0.3) is 22.1 Å². The lowest BCUT2D eigenvalue weighted by Crippen LogP contribution is -2.33. The van der Waals surface area contributed by atoms with Gasteiger partial charge in [0.15, 0.2) is 0 Å². The summed E-state index contributed by atoms with van der Waals surface area (Å²) in [6.45, 7) is 3.45. The van der Waals surface area contributed by atoms with Gasteiger partial charge in [0, 0.05) is 17.5 Å². The summed E-state index contributed by atoms with van der Waals surface area (Å²) in [5.74, 6) is -0.272. The fourth-order valence-corrected chi connectivity index (χ4v) is 3.68. The van der Waals surface area contributed by atoms with Crippen LogP contribution in [-0.4, -0.2) is 31.9 Å². The lowest BCUT2D eigenvalue weighted by Gasteiger charge is -2.30. The first kappa shape index (κ1) is 19.6. The molecule has 4 rings (SSSR count). The molecule has 2 atom stereocenters. The molecular weight excluding hydrogens is 370 g/mol. The lowest BCUT2D eigenvalue weighted by atomic mass is 9.96. The molecule has 152 valence electrons. The summed E-state index contributed by atoms with van der Waals surface area (Å²) >= 11 is 0. The first-order chi connectivity index (χ1) is 14.2. The first-order valence-corrected chi connectivity index (χ1v) is 9.87. The van der Waals surface area contributed by atoms with Gasteiger partial charge in [-0.25, -0.2) is 0 Å². The molecule has 0 radical (unpaired) electrons. The van der Waals surface area contributed by atoms with E-state index in [4.69, 9.17) is 24.4 Å². The van der Waals surface area contributed by atoms with E-state index in [0.29, 0.717) is 26.4 Å². The highest BCUT2D eigenvalue weighted by atomic mass is 16.6. The summed E-state index contributed by atoms with van der Waals surface area (Å²) in [7, 11) is 0. The third-order valence-electron chi connectivity index (χ3n) is 5.05. The van der Waals surface area contributed by atoms with Gasteiger partial charge in [0.2, 0.25) is 0 Å². The number of esters is 1. The second kappa shape index (κ2) is 8.78. The molecule has 1 aliphatic heterocycles. The van der Waals surface area contributed by atoms with E-state index in [1.165, 1.54) is 0 Å². The van der Waals surface area contributed by atoms with Crippen LogP contribution < -0.4 is 5.73 Å². The number of rotatable bonds is 6. The first-order valence-electron chi connectivity index (χ1n) is 9.87. The predicted molar refractivity (Wildman–Crippen MR) is 109 cm³/mol. The molecule has 2 aromatic carbocycles. The van der Waals surface area contributed by atoms with Crippen LogP contribution in [0.3, 0.4) is 0 Å². The number of hydrogen-bond acceptors (Lipinski definition) is 6. The zero-order valence-corrected chi connectivity index (χ0v) is 16.4. The summed E-state index contributed by atoms with van der Waals surface area (Å²) < 4.78 is 22.7. The zero-order chi connectivity index (χ0) is 20.2. The molecule has 1 aromatic heterocycles. The van der Waals surface area contributed by atoms with Crippen molar-refractivity contribution >= 4 is 16.9 Å². The van der Waals surface area contributed by atoms with Crippen molar-refractivity contribution in [1.82, 2.24) is 0 Å². The average Bonchev–Trinajstić information content (AvgIpc) is 3.22. The molecule has 6 heteroatoms. The van der Waals surface area contributed by atoms with Crippen molar-refractivity contribution in [3.8, 4) is 11.1 Å². The number of benzene rings is 2. The fourth-order valence-electron chi connectivity index (χ4n) is 3.68. The van der Waals surface area contributed by atoms with E-state index in [1.807, 2.05) is 24.3 Å². The molecule has 0 saturated carbocycles. The smallest absolute Gasteiger partial charge is 0.308 e. The van der Waals surface area contributed by atoms with E-state index in [-0.39, 0.29) is 24.6 Å². The third kappa shape index (κ3) is 4.34. The highest BCUT2D eigenvalue weighted by Gasteiger charge is 2.27. The Bertz CT molecular complexity index is 996. The van der Waals surface area contributed by atoms with Crippen LogP contribution in [0.4, 0.5) is 0 Å². The van der Waals surface area contributed by atoms with Crippen molar-refractivity contribution in [3.63, 3.8) is 0 Å². The number of carbonyl (C=O) groups is 1. The summed E-state index contributed by atoms with van der Waals surface area (Å²) in [5, 5.41) is 0.992. The maximum absolute atomic E-state index is 11.8. The second-order valence-electron chi connectivity index (χ2n) is 7.11. The van der Waals surface area contributed by atoms with Crippen molar-refractivity contribution < 1.29 is 23.4 Å². The summed E-state index contributed by atoms with van der Waals surface area (Å²) in [5.41, 5.74) is 10.7. The molecule has 2 N–H and O–H groups in total. The Labute approximate surface area is 169 Å². The van der Waals surface area contributed by atoms with Crippen molar-refractivity contribution in [2.75, 3.05) is 19.8 Å². The van der Waals surface area contributed by atoms with Gasteiger partial charge in [-0.3, -0.25) is 4.79 Å². The Hall–Kier alpha value is -2.67. The Balaban J connectivity index is 1.65. The van der Waals surface area contributed by atoms with Crippen molar-refractivity contribution in [2.24, 2.45) is 5.73 Å². The molecule has 1 fully saturated rings. The van der Waals surface area contributed by atoms with Crippen LogP contribution in [-0.2, 0) is 25.5 Å². The van der Waals surface area contributed by atoms with Crippen LogP contribution in [0.2, 0.25) is 0 Å². The molecule has 1 saturated heterocycles. The van der Waals surface area contributed by atoms with E-state index in [9.17, 15) is 4.79 Å². The molecule has 0 spiro atoms. The van der Waals surface area contributed by atoms with E-state index in [2.05, 4.69) is 18.2 Å². The van der Waals surface area contributed by atoms with Gasteiger partial charge in [0.1, 0.15) is 11.7 Å². The fraction of sp³-hybridized carbons (Fsp3) is 0.348. The highest BCUT2D eigenvalue weighted by molar-refractivity contribution is 5.93. The molecule has 29 heavy (non-hydrogen) atoms. The Kier molecular flexibility index (Phi) is 5.94. The molecule has 2 unspecified atom stereocenters. The third-order valence-corrected chi connectivity index (χ3v) is 5.05. The van der Waals surface area contributed by atoms with Gasteiger partial charge >= 0.3 is 5.97 Å². The standard InChI is InChI=1S/C23H25NO5/c1-2-27-22(25)11-19-13-26-14-21(29-19)18-9-17-6-7-28-23(17)20(10-18)16-5-3-4-15(8-16)12-24/h3-10,19,21H,2,11-14,24H2,1H3. The van der Waals surface area contributed by atoms with Gasteiger partial charge in [-0.1, -0.05) is 18.2 Å². The highest BCUT2D eigenvalue weighted by Crippen LogP contribution is 2.35. The van der Waals surface area contributed by atoms with Crippen LogP contribution in [0.1, 0.15) is 30.6 Å². The Morgan fingerprint density at radius 2 is 2.10 bits per heavy atom. The van der Waals surface area contributed by atoms with Crippen LogP contribution >= 0.6 is 0 Å². The number of hydrogen-bond donors (Lipinski definition) is 1. The minimum absolute atomic E-state index is 0.184. The van der Waals surface area contributed by atoms with Gasteiger partial charge in [0.05, 0.1) is 38.6 Å². The van der Waals surface area contributed by atoms with Crippen molar-refractivity contribution in [1.29, 1.82) is 0 Å². The van der Waals surface area contributed by atoms with Crippen molar-refractivity contribution in [3.05, 3.63) is 59.9 Å². The molecule has 3 aromatic rings. The monoisotopic (exact) mass is 395 g/mol.